The summed E-state index contributed by atoms with van der Waals surface area (Å²) in [6, 6.07) is 5.56. The third kappa shape index (κ3) is 4.81. The molecule has 1 aromatic rings. The molecule has 0 aliphatic rings. The van der Waals surface area contributed by atoms with Crippen molar-refractivity contribution in [1.82, 2.24) is 4.98 Å². The van der Waals surface area contributed by atoms with Crippen LogP contribution in [0.25, 0.3) is 0 Å². The number of ether oxygens (including phenoxy) is 1. The second kappa shape index (κ2) is 7.60. The van der Waals surface area contributed by atoms with Gasteiger partial charge in [-0.05, 0) is 25.0 Å². The molecule has 3 heteroatoms. The summed E-state index contributed by atoms with van der Waals surface area (Å²) >= 11 is 0. The van der Waals surface area contributed by atoms with E-state index in [1.54, 1.807) is 6.20 Å². The van der Waals surface area contributed by atoms with Crippen molar-refractivity contribution < 1.29 is 9.53 Å². The van der Waals surface area contributed by atoms with Gasteiger partial charge < -0.3 is 4.74 Å². The van der Waals surface area contributed by atoms with E-state index in [1.807, 2.05) is 31.2 Å². The van der Waals surface area contributed by atoms with E-state index in [0.717, 1.165) is 30.5 Å². The van der Waals surface area contributed by atoms with Gasteiger partial charge in [0, 0.05) is 11.8 Å². The van der Waals surface area contributed by atoms with Gasteiger partial charge in [-0.25, -0.2) is 4.79 Å². The maximum absolute atomic E-state index is 11.8. The normalized spacial score (nSPS) is 11.3. The Morgan fingerprint density at radius 2 is 2.24 bits per heavy atom. The Bertz CT molecular complexity index is 371. The van der Waals surface area contributed by atoms with Gasteiger partial charge in [0.25, 0.3) is 0 Å². The van der Waals surface area contributed by atoms with Gasteiger partial charge in [-0.15, -0.1) is 0 Å². The Balaban J connectivity index is 2.50. The molecule has 1 heterocycles. The van der Waals surface area contributed by atoms with Crippen molar-refractivity contribution in [1.29, 1.82) is 0 Å². The van der Waals surface area contributed by atoms with E-state index < -0.39 is 0 Å². The Morgan fingerprint density at radius 3 is 2.82 bits per heavy atom. The van der Waals surface area contributed by atoms with Gasteiger partial charge in [0.2, 0.25) is 0 Å². The van der Waals surface area contributed by atoms with Gasteiger partial charge in [0.15, 0.2) is 0 Å². The lowest BCUT2D eigenvalue weighted by atomic mass is 10.1. The van der Waals surface area contributed by atoms with E-state index in [-0.39, 0.29) is 12.6 Å². The molecule has 0 aliphatic carbocycles. The quantitative estimate of drug-likeness (QED) is 0.559. The Kier molecular flexibility index (Phi) is 6.00. The first-order valence-electron chi connectivity index (χ1n) is 6.04. The molecule has 0 N–H and O–H groups in total. The first-order chi connectivity index (χ1) is 8.27. The third-order valence-corrected chi connectivity index (χ3v) is 2.31. The molecule has 0 fully saturated rings. The van der Waals surface area contributed by atoms with Gasteiger partial charge >= 0.3 is 5.97 Å². The minimum Gasteiger partial charge on any atom is -0.456 e. The smallest absolute Gasteiger partial charge is 0.334 e. The molecule has 1 aromatic heterocycles. The minimum absolute atomic E-state index is 0.223. The minimum atomic E-state index is -0.223. The highest BCUT2D eigenvalue weighted by molar-refractivity contribution is 5.88. The van der Waals surface area contributed by atoms with Crippen LogP contribution in [0.5, 0.6) is 0 Å². The van der Waals surface area contributed by atoms with Crippen molar-refractivity contribution >= 4 is 5.97 Å². The summed E-state index contributed by atoms with van der Waals surface area (Å²) in [5.74, 6) is -0.223. The zero-order valence-electron chi connectivity index (χ0n) is 10.5. The van der Waals surface area contributed by atoms with Gasteiger partial charge in [-0.1, -0.05) is 32.4 Å². The molecule has 0 saturated carbocycles. The topological polar surface area (TPSA) is 39.2 Å². The van der Waals surface area contributed by atoms with E-state index >= 15 is 0 Å². The number of hydrogen-bond donors (Lipinski definition) is 0. The van der Waals surface area contributed by atoms with Crippen molar-refractivity contribution in [2.24, 2.45) is 0 Å². The number of esters is 1. The van der Waals surface area contributed by atoms with Crippen LogP contribution < -0.4 is 0 Å². The Morgan fingerprint density at radius 1 is 1.41 bits per heavy atom. The summed E-state index contributed by atoms with van der Waals surface area (Å²) in [5, 5.41) is 0. The number of pyridine rings is 1. The molecular weight excluding hydrogens is 214 g/mol. The molecule has 0 radical (unpaired) electrons. The summed E-state index contributed by atoms with van der Waals surface area (Å²) in [4.78, 5) is 15.9. The fourth-order valence-electron chi connectivity index (χ4n) is 1.52. The van der Waals surface area contributed by atoms with Crippen LogP contribution in [0.1, 0.15) is 38.8 Å². The number of carbonyl (C=O) groups excluding carboxylic acids is 1. The second-order valence-corrected chi connectivity index (χ2v) is 3.78. The third-order valence-electron chi connectivity index (χ3n) is 2.31. The highest BCUT2D eigenvalue weighted by Crippen LogP contribution is 2.09. The number of rotatable bonds is 6. The van der Waals surface area contributed by atoms with Crippen LogP contribution in [0.4, 0.5) is 0 Å². The van der Waals surface area contributed by atoms with Crippen LogP contribution >= 0.6 is 0 Å². The number of allylic oxidation sites excluding steroid dienone is 1. The molecule has 0 bridgehead atoms. The average molecular weight is 233 g/mol. The molecule has 3 nitrogen and oxygen atoms in total. The molecule has 0 aromatic carbocycles. The summed E-state index contributed by atoms with van der Waals surface area (Å²) in [6.45, 7) is 4.31. The summed E-state index contributed by atoms with van der Waals surface area (Å²) < 4.78 is 5.23. The Hall–Kier alpha value is -1.64. The molecule has 92 valence electrons. The largest absolute Gasteiger partial charge is 0.456 e. The first kappa shape index (κ1) is 13.4. The molecular formula is C14H19NO2. The predicted octanol–water partition coefficient (Wildman–Crippen LogP) is 3.26. The molecule has 0 spiro atoms. The lowest BCUT2D eigenvalue weighted by Gasteiger charge is -2.07. The number of aromatic nitrogens is 1. The van der Waals surface area contributed by atoms with Crippen LogP contribution in [-0.4, -0.2) is 11.0 Å². The molecule has 0 amide bonds. The van der Waals surface area contributed by atoms with E-state index in [0.29, 0.717) is 0 Å². The lowest BCUT2D eigenvalue weighted by molar-refractivity contribution is -0.140. The number of nitrogens with zero attached hydrogens (tertiary/aromatic N) is 1. The fraction of sp³-hybridized carbons (Fsp3) is 0.429. The van der Waals surface area contributed by atoms with Crippen molar-refractivity contribution in [2.45, 2.75) is 39.7 Å². The van der Waals surface area contributed by atoms with Crippen molar-refractivity contribution in [3.8, 4) is 0 Å². The molecule has 17 heavy (non-hydrogen) atoms. The monoisotopic (exact) mass is 233 g/mol. The number of carbonyl (C=O) groups is 1. The summed E-state index contributed by atoms with van der Waals surface area (Å²) in [5.41, 5.74) is 1.54. The second-order valence-electron chi connectivity index (χ2n) is 3.78. The lowest BCUT2D eigenvalue weighted by Crippen LogP contribution is -2.08. The van der Waals surface area contributed by atoms with Gasteiger partial charge in [0.1, 0.15) is 6.61 Å². The van der Waals surface area contributed by atoms with Crippen LogP contribution in [0, 0.1) is 0 Å². The Labute approximate surface area is 103 Å². The standard InChI is InChI=1S/C14H19NO2/c1-3-7-12(8-4-2)14(16)17-11-13-9-5-6-10-15-13/h5-7,9-10H,3-4,8,11H2,1-2H3. The number of hydrogen-bond acceptors (Lipinski definition) is 3. The van der Waals surface area contributed by atoms with Crippen molar-refractivity contribution in [3.05, 3.63) is 41.7 Å². The van der Waals surface area contributed by atoms with Crippen LogP contribution in [0.2, 0.25) is 0 Å². The van der Waals surface area contributed by atoms with Gasteiger partial charge in [-0.3, -0.25) is 4.98 Å². The van der Waals surface area contributed by atoms with E-state index in [4.69, 9.17) is 4.74 Å². The average Bonchev–Trinajstić information content (AvgIpc) is 2.37. The maximum Gasteiger partial charge on any atom is 0.334 e. The predicted molar refractivity (Wildman–Crippen MR) is 67.3 cm³/mol. The first-order valence-corrected chi connectivity index (χ1v) is 6.04. The zero-order chi connectivity index (χ0) is 12.5. The molecule has 0 saturated heterocycles. The fourth-order valence-corrected chi connectivity index (χ4v) is 1.52. The maximum atomic E-state index is 11.8. The molecule has 0 unspecified atom stereocenters. The highest BCUT2D eigenvalue weighted by atomic mass is 16.5. The summed E-state index contributed by atoms with van der Waals surface area (Å²) in [7, 11) is 0. The SMILES string of the molecule is CCC=C(CCC)C(=O)OCc1ccccn1. The summed E-state index contributed by atoms with van der Waals surface area (Å²) in [6.07, 6.45) is 6.20. The van der Waals surface area contributed by atoms with Crippen LogP contribution in [-0.2, 0) is 16.1 Å². The van der Waals surface area contributed by atoms with E-state index in [1.165, 1.54) is 0 Å². The van der Waals surface area contributed by atoms with Gasteiger partial charge in [-0.2, -0.15) is 0 Å². The molecule has 0 atom stereocenters. The van der Waals surface area contributed by atoms with Crippen LogP contribution in [0.3, 0.4) is 0 Å². The van der Waals surface area contributed by atoms with E-state index in [9.17, 15) is 4.79 Å². The van der Waals surface area contributed by atoms with Crippen LogP contribution in [0.15, 0.2) is 36.0 Å². The van der Waals surface area contributed by atoms with Crippen molar-refractivity contribution in [2.75, 3.05) is 0 Å². The van der Waals surface area contributed by atoms with Crippen molar-refractivity contribution in [3.63, 3.8) is 0 Å². The highest BCUT2D eigenvalue weighted by Gasteiger charge is 2.09. The molecule has 1 rings (SSSR count). The van der Waals surface area contributed by atoms with Gasteiger partial charge in [0.05, 0.1) is 5.69 Å². The zero-order valence-corrected chi connectivity index (χ0v) is 10.5. The molecule has 0 aliphatic heterocycles. The van der Waals surface area contributed by atoms with E-state index in [2.05, 4.69) is 11.9 Å².